The number of rotatable bonds is 4. The van der Waals surface area contributed by atoms with E-state index in [2.05, 4.69) is 10.6 Å². The Balaban J connectivity index is 2.28. The number of aliphatic hydroxyl groups excluding tert-OH is 1. The third kappa shape index (κ3) is 2.67. The topological polar surface area (TPSA) is 61.4 Å². The minimum atomic E-state index is -0.136. The second-order valence-electron chi connectivity index (χ2n) is 3.80. The van der Waals surface area contributed by atoms with Gasteiger partial charge in [-0.2, -0.15) is 0 Å². The summed E-state index contributed by atoms with van der Waals surface area (Å²) < 4.78 is 0. The van der Waals surface area contributed by atoms with E-state index in [0.717, 1.165) is 13.1 Å². The van der Waals surface area contributed by atoms with Gasteiger partial charge in [0.15, 0.2) is 0 Å². The molecule has 0 saturated carbocycles. The summed E-state index contributed by atoms with van der Waals surface area (Å²) in [4.78, 5) is 11.5. The van der Waals surface area contributed by atoms with Gasteiger partial charge in [0, 0.05) is 12.0 Å². The Labute approximate surface area is 78.7 Å². The van der Waals surface area contributed by atoms with Crippen molar-refractivity contribution in [2.75, 3.05) is 19.7 Å². The van der Waals surface area contributed by atoms with Crippen molar-refractivity contribution in [3.05, 3.63) is 0 Å². The van der Waals surface area contributed by atoms with Gasteiger partial charge in [-0.1, -0.05) is 6.92 Å². The molecule has 4 heteroatoms. The molecule has 0 bridgehead atoms. The molecule has 2 atom stereocenters. The molecule has 3 N–H and O–H groups in total. The van der Waals surface area contributed by atoms with Crippen LogP contribution in [0.3, 0.4) is 0 Å². The Kier molecular flexibility index (Phi) is 3.69. The summed E-state index contributed by atoms with van der Waals surface area (Å²) in [5.74, 6) is 0.564. The summed E-state index contributed by atoms with van der Waals surface area (Å²) in [6, 6.07) is -0.136. The lowest BCUT2D eigenvalue weighted by Gasteiger charge is -2.32. The largest absolute Gasteiger partial charge is 0.394 e. The van der Waals surface area contributed by atoms with E-state index < -0.39 is 0 Å². The maximum atomic E-state index is 11.5. The minimum Gasteiger partial charge on any atom is -0.394 e. The fourth-order valence-corrected chi connectivity index (χ4v) is 1.30. The zero-order valence-corrected chi connectivity index (χ0v) is 8.21. The lowest BCUT2D eigenvalue weighted by Crippen LogP contribution is -2.51. The van der Waals surface area contributed by atoms with Gasteiger partial charge in [-0.15, -0.1) is 0 Å². The Morgan fingerprint density at radius 2 is 2.23 bits per heavy atom. The molecule has 76 valence electrons. The molecule has 0 aromatic carbocycles. The van der Waals surface area contributed by atoms with Gasteiger partial charge in [0.25, 0.3) is 0 Å². The van der Waals surface area contributed by atoms with Crippen molar-refractivity contribution in [3.8, 4) is 0 Å². The van der Waals surface area contributed by atoms with Crippen LogP contribution in [0.5, 0.6) is 0 Å². The molecule has 1 aliphatic heterocycles. The maximum Gasteiger partial charge on any atom is 0.223 e. The first-order valence-electron chi connectivity index (χ1n) is 4.77. The summed E-state index contributed by atoms with van der Waals surface area (Å²) in [6.07, 6.45) is 0. The van der Waals surface area contributed by atoms with Crippen LogP contribution >= 0.6 is 0 Å². The minimum absolute atomic E-state index is 0.00137. The number of carbonyl (C=O) groups is 1. The summed E-state index contributed by atoms with van der Waals surface area (Å²) >= 11 is 0. The average molecular weight is 186 g/mol. The van der Waals surface area contributed by atoms with Gasteiger partial charge in [-0.25, -0.2) is 0 Å². The summed E-state index contributed by atoms with van der Waals surface area (Å²) in [5.41, 5.74) is 0. The van der Waals surface area contributed by atoms with Gasteiger partial charge in [0.1, 0.15) is 0 Å². The summed E-state index contributed by atoms with van der Waals surface area (Å²) in [6.45, 7) is 5.60. The molecule has 0 aliphatic carbocycles. The van der Waals surface area contributed by atoms with Crippen molar-refractivity contribution < 1.29 is 9.90 Å². The molecule has 1 fully saturated rings. The van der Waals surface area contributed by atoms with Crippen LogP contribution in [0, 0.1) is 11.8 Å². The van der Waals surface area contributed by atoms with Crippen LogP contribution in [-0.4, -0.2) is 36.8 Å². The molecule has 1 saturated heterocycles. The highest BCUT2D eigenvalue weighted by atomic mass is 16.3. The molecule has 0 aromatic heterocycles. The molecule has 0 spiro atoms. The molecule has 4 nitrogen and oxygen atoms in total. The number of hydrogen-bond acceptors (Lipinski definition) is 3. The van der Waals surface area contributed by atoms with Gasteiger partial charge in [-0.3, -0.25) is 4.79 Å². The smallest absolute Gasteiger partial charge is 0.223 e. The highest BCUT2D eigenvalue weighted by Gasteiger charge is 2.28. The normalized spacial score (nSPS) is 21.8. The van der Waals surface area contributed by atoms with Crippen LogP contribution in [-0.2, 0) is 4.79 Å². The highest BCUT2D eigenvalue weighted by molar-refractivity contribution is 5.79. The van der Waals surface area contributed by atoms with Gasteiger partial charge in [0.05, 0.1) is 6.61 Å². The highest BCUT2D eigenvalue weighted by Crippen LogP contribution is 2.15. The number of nitrogens with one attached hydrogen (secondary N) is 2. The Bertz CT molecular complexity index is 180. The fourth-order valence-electron chi connectivity index (χ4n) is 1.30. The van der Waals surface area contributed by atoms with E-state index in [1.165, 1.54) is 0 Å². The average Bonchev–Trinajstić information content (AvgIpc) is 2.00. The van der Waals surface area contributed by atoms with Crippen LogP contribution < -0.4 is 10.6 Å². The monoisotopic (exact) mass is 186 g/mol. The van der Waals surface area contributed by atoms with Crippen molar-refractivity contribution in [2.24, 2.45) is 11.8 Å². The van der Waals surface area contributed by atoms with E-state index >= 15 is 0 Å². The summed E-state index contributed by atoms with van der Waals surface area (Å²) in [7, 11) is 0. The number of amides is 1. The number of hydrogen-bond donors (Lipinski definition) is 3. The molecule has 0 aromatic rings. The predicted molar refractivity (Wildman–Crippen MR) is 50.2 cm³/mol. The van der Waals surface area contributed by atoms with Gasteiger partial charge < -0.3 is 15.7 Å². The Morgan fingerprint density at radius 1 is 1.62 bits per heavy atom. The van der Waals surface area contributed by atoms with Crippen molar-refractivity contribution in [2.45, 2.75) is 19.9 Å². The molecule has 13 heavy (non-hydrogen) atoms. The first-order valence-corrected chi connectivity index (χ1v) is 4.77. The SMILES string of the molecule is CC(C(=O)N[C@H](C)CO)C1CNC1. The van der Waals surface area contributed by atoms with Crippen molar-refractivity contribution in [3.63, 3.8) is 0 Å². The first kappa shape index (κ1) is 10.5. The number of aliphatic hydroxyl groups is 1. The zero-order valence-electron chi connectivity index (χ0n) is 8.21. The fraction of sp³-hybridized carbons (Fsp3) is 0.889. The second-order valence-corrected chi connectivity index (χ2v) is 3.80. The number of carbonyl (C=O) groups excluding carboxylic acids is 1. The zero-order chi connectivity index (χ0) is 9.84. The Hall–Kier alpha value is -0.610. The van der Waals surface area contributed by atoms with Crippen molar-refractivity contribution in [1.29, 1.82) is 0 Å². The first-order chi connectivity index (χ1) is 6.15. The van der Waals surface area contributed by atoms with Crippen LogP contribution in [0.25, 0.3) is 0 Å². The summed E-state index contributed by atoms with van der Waals surface area (Å²) in [5, 5.41) is 14.6. The van der Waals surface area contributed by atoms with Crippen LogP contribution in [0.2, 0.25) is 0 Å². The molecular formula is C9H18N2O2. The third-order valence-electron chi connectivity index (χ3n) is 2.60. The predicted octanol–water partition coefficient (Wildman–Crippen LogP) is -0.661. The van der Waals surface area contributed by atoms with E-state index in [1.807, 2.05) is 6.92 Å². The van der Waals surface area contributed by atoms with Gasteiger partial charge in [-0.05, 0) is 25.9 Å². The molecule has 1 unspecified atom stereocenters. The van der Waals surface area contributed by atoms with E-state index in [0.29, 0.717) is 5.92 Å². The van der Waals surface area contributed by atoms with Crippen LogP contribution in [0.4, 0.5) is 0 Å². The second kappa shape index (κ2) is 4.58. The lowest BCUT2D eigenvalue weighted by molar-refractivity contribution is -0.127. The third-order valence-corrected chi connectivity index (χ3v) is 2.60. The molecule has 0 radical (unpaired) electrons. The quantitative estimate of drug-likeness (QED) is 0.546. The van der Waals surface area contributed by atoms with Gasteiger partial charge in [0.2, 0.25) is 5.91 Å². The van der Waals surface area contributed by atoms with E-state index in [4.69, 9.17) is 5.11 Å². The van der Waals surface area contributed by atoms with E-state index in [-0.39, 0.29) is 24.5 Å². The van der Waals surface area contributed by atoms with Gasteiger partial charge >= 0.3 is 0 Å². The molecular weight excluding hydrogens is 168 g/mol. The van der Waals surface area contributed by atoms with Crippen molar-refractivity contribution in [1.82, 2.24) is 10.6 Å². The van der Waals surface area contributed by atoms with Crippen LogP contribution in [0.1, 0.15) is 13.8 Å². The van der Waals surface area contributed by atoms with Crippen LogP contribution in [0.15, 0.2) is 0 Å². The molecule has 1 heterocycles. The van der Waals surface area contributed by atoms with E-state index in [9.17, 15) is 4.79 Å². The lowest BCUT2D eigenvalue weighted by atomic mass is 9.88. The molecule has 1 rings (SSSR count). The molecule has 1 aliphatic rings. The standard InChI is InChI=1S/C9H18N2O2/c1-6(5-12)11-9(13)7(2)8-3-10-4-8/h6-8,10,12H,3-5H2,1-2H3,(H,11,13)/t6-,7?/m1/s1. The van der Waals surface area contributed by atoms with E-state index in [1.54, 1.807) is 6.92 Å². The Morgan fingerprint density at radius 3 is 2.62 bits per heavy atom. The van der Waals surface area contributed by atoms with Crippen molar-refractivity contribution >= 4 is 5.91 Å². The maximum absolute atomic E-state index is 11.5. The molecule has 1 amide bonds.